The van der Waals surface area contributed by atoms with E-state index in [0.29, 0.717) is 28.5 Å². The van der Waals surface area contributed by atoms with Gasteiger partial charge in [0.1, 0.15) is 10.7 Å². The number of carbonyl (C=O) groups excluding carboxylic acids is 2. The molecule has 0 spiro atoms. The van der Waals surface area contributed by atoms with Crippen LogP contribution in [0.2, 0.25) is 0 Å². The van der Waals surface area contributed by atoms with Crippen molar-refractivity contribution in [2.75, 3.05) is 18.9 Å². The van der Waals surface area contributed by atoms with E-state index in [0.717, 1.165) is 49.4 Å². The van der Waals surface area contributed by atoms with Crippen LogP contribution in [-0.4, -0.2) is 51.3 Å². The third-order valence-electron chi connectivity index (χ3n) is 6.16. The Kier molecular flexibility index (Phi) is 6.50. The smallest absolute Gasteiger partial charge is 0.266 e. The minimum atomic E-state index is -0.235. The molecule has 1 atom stereocenters. The summed E-state index contributed by atoms with van der Waals surface area (Å²) in [7, 11) is 1.80. The first-order valence-electron chi connectivity index (χ1n) is 11.1. The third kappa shape index (κ3) is 4.56. The van der Waals surface area contributed by atoms with Gasteiger partial charge in [-0.3, -0.25) is 9.59 Å². The predicted molar refractivity (Wildman–Crippen MR) is 121 cm³/mol. The Morgan fingerprint density at radius 2 is 1.87 bits per heavy atom. The van der Waals surface area contributed by atoms with Crippen LogP contribution >= 0.6 is 11.3 Å². The maximum absolute atomic E-state index is 13.4. The van der Waals surface area contributed by atoms with Crippen molar-refractivity contribution < 1.29 is 9.59 Å². The van der Waals surface area contributed by atoms with Gasteiger partial charge in [0, 0.05) is 25.8 Å². The number of aromatic nitrogens is 3. The van der Waals surface area contributed by atoms with Crippen molar-refractivity contribution >= 4 is 28.3 Å². The largest absolute Gasteiger partial charge is 0.365 e. The fraction of sp³-hybridized carbons (Fsp3) is 0.591. The van der Waals surface area contributed by atoms with Crippen LogP contribution in [0.4, 0.5) is 5.13 Å². The maximum Gasteiger partial charge on any atom is 0.266 e. The number of nitrogens with one attached hydrogen (secondary N) is 2. The monoisotopic (exact) mass is 442 g/mol. The van der Waals surface area contributed by atoms with Crippen molar-refractivity contribution in [1.82, 2.24) is 25.2 Å². The van der Waals surface area contributed by atoms with Crippen molar-refractivity contribution in [3.05, 3.63) is 33.8 Å². The predicted octanol–water partition coefficient (Wildman–Crippen LogP) is 3.63. The molecule has 9 heteroatoms. The van der Waals surface area contributed by atoms with Crippen LogP contribution in [0.15, 0.2) is 6.20 Å². The van der Waals surface area contributed by atoms with E-state index in [9.17, 15) is 9.59 Å². The molecule has 3 heterocycles. The fourth-order valence-electron chi connectivity index (χ4n) is 4.55. The molecule has 0 bridgehead atoms. The van der Waals surface area contributed by atoms with Crippen molar-refractivity contribution in [3.8, 4) is 0 Å². The average Bonchev–Trinajstić information content (AvgIpc) is 3.40. The van der Waals surface area contributed by atoms with E-state index in [4.69, 9.17) is 0 Å². The summed E-state index contributed by atoms with van der Waals surface area (Å²) in [5.74, 6) is 0.427. The van der Waals surface area contributed by atoms with E-state index in [1.54, 1.807) is 13.2 Å². The van der Waals surface area contributed by atoms with Crippen molar-refractivity contribution in [2.45, 2.75) is 70.9 Å². The van der Waals surface area contributed by atoms with E-state index in [2.05, 4.69) is 25.6 Å². The lowest BCUT2D eigenvalue weighted by atomic mass is 9.95. The molecule has 1 saturated carbocycles. The van der Waals surface area contributed by atoms with Gasteiger partial charge in [0.15, 0.2) is 5.13 Å². The molecule has 2 fully saturated rings. The number of carbonyl (C=O) groups is 2. The first kappa shape index (κ1) is 21.7. The van der Waals surface area contributed by atoms with E-state index in [1.807, 2.05) is 18.7 Å². The molecule has 2 amide bonds. The van der Waals surface area contributed by atoms with Gasteiger partial charge in [-0.25, -0.2) is 15.0 Å². The Labute approximate surface area is 186 Å². The SMILES string of the molecule is CNc1nc(C)c(C(=O)N2CCC[C@@H]2c2nc(C)ncc2C(=O)NC2CCCCC2)s1. The molecule has 166 valence electrons. The van der Waals surface area contributed by atoms with Crippen LogP contribution in [0, 0.1) is 13.8 Å². The highest BCUT2D eigenvalue weighted by Crippen LogP contribution is 2.36. The molecule has 2 aromatic rings. The molecule has 4 rings (SSSR count). The van der Waals surface area contributed by atoms with Gasteiger partial charge < -0.3 is 15.5 Å². The van der Waals surface area contributed by atoms with Gasteiger partial charge in [-0.05, 0) is 39.5 Å². The summed E-state index contributed by atoms with van der Waals surface area (Å²) in [6, 6.07) is -0.0302. The highest BCUT2D eigenvalue weighted by molar-refractivity contribution is 7.17. The quantitative estimate of drug-likeness (QED) is 0.733. The topological polar surface area (TPSA) is 100 Å². The number of anilines is 1. The summed E-state index contributed by atoms with van der Waals surface area (Å²) in [5, 5.41) is 6.91. The Morgan fingerprint density at radius 3 is 2.58 bits per heavy atom. The van der Waals surface area contributed by atoms with Crippen LogP contribution in [-0.2, 0) is 0 Å². The lowest BCUT2D eigenvalue weighted by molar-refractivity contribution is 0.0732. The summed E-state index contributed by atoms with van der Waals surface area (Å²) in [5.41, 5.74) is 1.86. The zero-order valence-corrected chi connectivity index (χ0v) is 19.2. The van der Waals surface area contributed by atoms with E-state index in [-0.39, 0.29) is 23.9 Å². The zero-order chi connectivity index (χ0) is 22.0. The summed E-state index contributed by atoms with van der Waals surface area (Å²) in [6.45, 7) is 4.32. The molecule has 2 aliphatic rings. The first-order chi connectivity index (χ1) is 15.0. The number of aryl methyl sites for hydroxylation is 2. The van der Waals surface area contributed by atoms with Crippen molar-refractivity contribution in [1.29, 1.82) is 0 Å². The zero-order valence-electron chi connectivity index (χ0n) is 18.4. The highest BCUT2D eigenvalue weighted by Gasteiger charge is 2.36. The van der Waals surface area contributed by atoms with Gasteiger partial charge >= 0.3 is 0 Å². The number of hydrogen-bond acceptors (Lipinski definition) is 7. The normalized spacial score (nSPS) is 19.5. The van der Waals surface area contributed by atoms with E-state index >= 15 is 0 Å². The molecule has 2 N–H and O–H groups in total. The van der Waals surface area contributed by atoms with Crippen molar-refractivity contribution in [3.63, 3.8) is 0 Å². The van der Waals surface area contributed by atoms with Gasteiger partial charge in [-0.1, -0.05) is 30.6 Å². The first-order valence-corrected chi connectivity index (χ1v) is 11.9. The van der Waals surface area contributed by atoms with Gasteiger partial charge in [-0.2, -0.15) is 0 Å². The second-order valence-corrected chi connectivity index (χ2v) is 9.36. The molecule has 8 nitrogen and oxygen atoms in total. The summed E-state index contributed by atoms with van der Waals surface area (Å²) in [6.07, 6.45) is 8.83. The Hall–Kier alpha value is -2.55. The fourth-order valence-corrected chi connectivity index (χ4v) is 5.43. The van der Waals surface area contributed by atoms with Crippen molar-refractivity contribution in [2.24, 2.45) is 0 Å². The summed E-state index contributed by atoms with van der Waals surface area (Å²) >= 11 is 1.36. The van der Waals surface area contributed by atoms with Crippen LogP contribution in [0.5, 0.6) is 0 Å². The second-order valence-electron chi connectivity index (χ2n) is 8.36. The molecule has 1 aliphatic heterocycles. The van der Waals surface area contributed by atoms with Crippen LogP contribution in [0.1, 0.15) is 88.2 Å². The standard InChI is InChI=1S/C22H30N6O2S/c1-13-19(31-22(23-3)25-13)21(30)28-11-7-10-17(28)18-16(12-24-14(2)26-18)20(29)27-15-8-5-4-6-9-15/h12,15,17H,4-11H2,1-3H3,(H,23,25)(H,27,29)/t17-/m1/s1. The number of amides is 2. The van der Waals surface area contributed by atoms with Crippen LogP contribution in [0.3, 0.4) is 0 Å². The molecular weight excluding hydrogens is 412 g/mol. The average molecular weight is 443 g/mol. The van der Waals surface area contributed by atoms with Gasteiger partial charge in [0.05, 0.1) is 23.0 Å². The van der Waals surface area contributed by atoms with Gasteiger partial charge in [0.25, 0.3) is 11.8 Å². The van der Waals surface area contributed by atoms with Crippen LogP contribution in [0.25, 0.3) is 0 Å². The number of rotatable bonds is 5. The minimum Gasteiger partial charge on any atom is -0.365 e. The number of likely N-dealkylation sites (tertiary alicyclic amines) is 1. The van der Waals surface area contributed by atoms with E-state index in [1.165, 1.54) is 17.8 Å². The minimum absolute atomic E-state index is 0.0473. The molecule has 0 radical (unpaired) electrons. The Balaban J connectivity index is 1.61. The lowest BCUT2D eigenvalue weighted by Gasteiger charge is -2.27. The van der Waals surface area contributed by atoms with Gasteiger partial charge in [-0.15, -0.1) is 0 Å². The maximum atomic E-state index is 13.4. The molecule has 1 saturated heterocycles. The number of thiazole rings is 1. The molecule has 31 heavy (non-hydrogen) atoms. The number of nitrogens with zero attached hydrogens (tertiary/aromatic N) is 4. The number of hydrogen-bond donors (Lipinski definition) is 2. The summed E-state index contributed by atoms with van der Waals surface area (Å²) in [4.78, 5) is 42.4. The molecule has 1 aliphatic carbocycles. The molecule has 0 aromatic carbocycles. The highest BCUT2D eigenvalue weighted by atomic mass is 32.1. The third-order valence-corrected chi connectivity index (χ3v) is 7.32. The van der Waals surface area contributed by atoms with Gasteiger partial charge in [0.2, 0.25) is 0 Å². The Morgan fingerprint density at radius 1 is 1.10 bits per heavy atom. The molecular formula is C22H30N6O2S. The second kappa shape index (κ2) is 9.30. The van der Waals surface area contributed by atoms with E-state index < -0.39 is 0 Å². The summed E-state index contributed by atoms with van der Waals surface area (Å²) < 4.78 is 0. The molecule has 2 aromatic heterocycles. The van der Waals surface area contributed by atoms with Crippen LogP contribution < -0.4 is 10.6 Å². The molecule has 0 unspecified atom stereocenters. The lowest BCUT2D eigenvalue weighted by Crippen LogP contribution is -2.38. The Bertz CT molecular complexity index is 969.